The van der Waals surface area contributed by atoms with Gasteiger partial charge in [-0.15, -0.1) is 0 Å². The molecule has 2 aromatic rings. The Morgan fingerprint density at radius 3 is 2.26 bits per heavy atom. The number of aromatic nitrogens is 3. The lowest BCUT2D eigenvalue weighted by atomic mass is 10.2. The molecule has 0 bridgehead atoms. The number of rotatable bonds is 2. The number of hydrogen-bond donors (Lipinski definition) is 0. The second kappa shape index (κ2) is 6.43. The minimum atomic E-state index is 0.250. The molecule has 4 rings (SSSR count). The Labute approximate surface area is 139 Å². The van der Waals surface area contributed by atoms with E-state index < -0.39 is 0 Å². The number of hydrogen-bond acceptors (Lipinski definition) is 7. The molecule has 7 nitrogen and oxygen atoms in total. The zero-order valence-corrected chi connectivity index (χ0v) is 13.5. The van der Waals surface area contributed by atoms with E-state index >= 15 is 0 Å². The van der Waals surface area contributed by atoms with Crippen LogP contribution < -0.4 is 9.80 Å². The summed E-state index contributed by atoms with van der Waals surface area (Å²) in [6.45, 7) is 6.16. The van der Waals surface area contributed by atoms with Crippen molar-refractivity contribution >= 4 is 34.1 Å². The summed E-state index contributed by atoms with van der Waals surface area (Å²) in [4.78, 5) is 17.8. The van der Waals surface area contributed by atoms with E-state index in [0.29, 0.717) is 13.2 Å². The van der Waals surface area contributed by atoms with E-state index in [0.717, 1.165) is 61.9 Å². The highest BCUT2D eigenvalue weighted by molar-refractivity contribution is 6.28. The van der Waals surface area contributed by atoms with E-state index in [1.54, 1.807) is 0 Å². The first kappa shape index (κ1) is 14.9. The lowest BCUT2D eigenvalue weighted by Gasteiger charge is -2.30. The summed E-state index contributed by atoms with van der Waals surface area (Å²) in [5.74, 6) is 0.789. The molecule has 0 atom stereocenters. The van der Waals surface area contributed by atoms with Crippen LogP contribution in [0.3, 0.4) is 0 Å². The molecule has 0 radical (unpaired) electrons. The molecular formula is C15H18ClN5O2. The van der Waals surface area contributed by atoms with Crippen LogP contribution in [0.15, 0.2) is 12.3 Å². The van der Waals surface area contributed by atoms with E-state index in [4.69, 9.17) is 21.1 Å². The smallest absolute Gasteiger partial charge is 0.225 e. The van der Waals surface area contributed by atoms with E-state index in [2.05, 4.69) is 24.8 Å². The number of morpholine rings is 2. The van der Waals surface area contributed by atoms with Gasteiger partial charge in [0.2, 0.25) is 5.28 Å². The molecule has 0 saturated carbocycles. The van der Waals surface area contributed by atoms with Crippen LogP contribution in [0.1, 0.15) is 0 Å². The van der Waals surface area contributed by atoms with Gasteiger partial charge in [-0.05, 0) is 17.7 Å². The second-order valence-corrected chi connectivity index (χ2v) is 5.91. The summed E-state index contributed by atoms with van der Waals surface area (Å²) in [5.41, 5.74) is 2.60. The molecule has 23 heavy (non-hydrogen) atoms. The maximum Gasteiger partial charge on any atom is 0.225 e. The third-order valence-electron chi connectivity index (χ3n) is 4.16. The average molecular weight is 336 g/mol. The van der Waals surface area contributed by atoms with Crippen LogP contribution in [-0.2, 0) is 9.47 Å². The number of nitrogens with zero attached hydrogens (tertiary/aromatic N) is 5. The predicted molar refractivity (Wildman–Crippen MR) is 88.4 cm³/mol. The van der Waals surface area contributed by atoms with Crippen molar-refractivity contribution in [1.82, 2.24) is 15.0 Å². The summed E-state index contributed by atoms with van der Waals surface area (Å²) < 4.78 is 10.8. The van der Waals surface area contributed by atoms with Gasteiger partial charge in [0.15, 0.2) is 5.82 Å². The number of pyridine rings is 1. The first-order chi connectivity index (χ1) is 11.3. The molecule has 8 heteroatoms. The highest BCUT2D eigenvalue weighted by atomic mass is 35.5. The molecule has 2 saturated heterocycles. The molecule has 0 unspecified atom stereocenters. The first-order valence-corrected chi connectivity index (χ1v) is 8.18. The molecule has 0 amide bonds. The lowest BCUT2D eigenvalue weighted by Crippen LogP contribution is -2.37. The van der Waals surface area contributed by atoms with E-state index in [-0.39, 0.29) is 5.28 Å². The maximum absolute atomic E-state index is 6.14. The molecular weight excluding hydrogens is 318 g/mol. The molecule has 2 aliphatic rings. The Morgan fingerprint density at radius 2 is 1.57 bits per heavy atom. The van der Waals surface area contributed by atoms with Crippen LogP contribution in [-0.4, -0.2) is 67.6 Å². The predicted octanol–water partition coefficient (Wildman–Crippen LogP) is 1.35. The summed E-state index contributed by atoms with van der Waals surface area (Å²) in [6, 6.07) is 2.03. The highest BCUT2D eigenvalue weighted by Crippen LogP contribution is 2.27. The summed E-state index contributed by atoms with van der Waals surface area (Å²) in [5, 5.41) is 0.250. The minimum Gasteiger partial charge on any atom is -0.378 e. The topological polar surface area (TPSA) is 63.6 Å². The van der Waals surface area contributed by atoms with Crippen LogP contribution in [0.25, 0.3) is 11.0 Å². The molecule has 4 heterocycles. The standard InChI is InChI=1S/C15H18ClN5O2/c16-15-18-12-9-11(20-1-5-22-6-2-20)10-17-13(12)14(19-15)21-3-7-23-8-4-21/h9-10H,1-8H2. The maximum atomic E-state index is 6.14. The first-order valence-electron chi connectivity index (χ1n) is 7.80. The zero-order valence-electron chi connectivity index (χ0n) is 12.7. The minimum absolute atomic E-state index is 0.250. The van der Waals surface area contributed by atoms with Crippen molar-refractivity contribution < 1.29 is 9.47 Å². The second-order valence-electron chi connectivity index (χ2n) is 5.58. The van der Waals surface area contributed by atoms with Crippen LogP contribution in [0, 0.1) is 0 Å². The van der Waals surface area contributed by atoms with Gasteiger partial charge in [-0.2, -0.15) is 4.98 Å². The normalized spacial score (nSPS) is 19.3. The third kappa shape index (κ3) is 3.04. The van der Waals surface area contributed by atoms with Gasteiger partial charge >= 0.3 is 0 Å². The number of ether oxygens (including phenoxy) is 2. The fraction of sp³-hybridized carbons (Fsp3) is 0.533. The molecule has 0 spiro atoms. The summed E-state index contributed by atoms with van der Waals surface area (Å²) >= 11 is 6.14. The van der Waals surface area contributed by atoms with Crippen molar-refractivity contribution in [1.29, 1.82) is 0 Å². The molecule has 2 aliphatic heterocycles. The Morgan fingerprint density at radius 1 is 0.913 bits per heavy atom. The van der Waals surface area contributed by atoms with Gasteiger partial charge in [0, 0.05) is 26.2 Å². The Hall–Kier alpha value is -1.70. The van der Waals surface area contributed by atoms with Gasteiger partial charge in [0.25, 0.3) is 0 Å². The fourth-order valence-electron chi connectivity index (χ4n) is 2.95. The molecule has 2 aromatic heterocycles. The number of halogens is 1. The van der Waals surface area contributed by atoms with Crippen molar-refractivity contribution in [2.75, 3.05) is 62.4 Å². The lowest BCUT2D eigenvalue weighted by molar-refractivity contribution is 0.122. The average Bonchev–Trinajstić information content (AvgIpc) is 2.62. The highest BCUT2D eigenvalue weighted by Gasteiger charge is 2.19. The molecule has 0 aliphatic carbocycles. The SMILES string of the molecule is Clc1nc(N2CCOCC2)c2ncc(N3CCOCC3)cc2n1. The number of fused-ring (bicyclic) bond motifs is 1. The van der Waals surface area contributed by atoms with Gasteiger partial charge in [-0.3, -0.25) is 0 Å². The van der Waals surface area contributed by atoms with Gasteiger partial charge in [0.05, 0.1) is 43.8 Å². The largest absolute Gasteiger partial charge is 0.378 e. The van der Waals surface area contributed by atoms with Crippen molar-refractivity contribution in [2.45, 2.75) is 0 Å². The van der Waals surface area contributed by atoms with Crippen LogP contribution in [0.4, 0.5) is 11.5 Å². The van der Waals surface area contributed by atoms with Crippen molar-refractivity contribution in [2.24, 2.45) is 0 Å². The van der Waals surface area contributed by atoms with Gasteiger partial charge < -0.3 is 19.3 Å². The van der Waals surface area contributed by atoms with Crippen LogP contribution in [0.2, 0.25) is 5.28 Å². The van der Waals surface area contributed by atoms with Crippen molar-refractivity contribution in [3.8, 4) is 0 Å². The Kier molecular flexibility index (Phi) is 4.15. The Bertz CT molecular complexity index is 702. The van der Waals surface area contributed by atoms with Crippen LogP contribution >= 0.6 is 11.6 Å². The molecule has 2 fully saturated rings. The third-order valence-corrected chi connectivity index (χ3v) is 4.33. The van der Waals surface area contributed by atoms with Gasteiger partial charge in [-0.25, -0.2) is 9.97 Å². The van der Waals surface area contributed by atoms with Crippen molar-refractivity contribution in [3.05, 3.63) is 17.5 Å². The molecule has 0 N–H and O–H groups in total. The zero-order chi connectivity index (χ0) is 15.6. The van der Waals surface area contributed by atoms with E-state index in [1.807, 2.05) is 12.3 Å². The molecule has 0 aromatic carbocycles. The molecule has 122 valence electrons. The van der Waals surface area contributed by atoms with E-state index in [1.165, 1.54) is 0 Å². The monoisotopic (exact) mass is 335 g/mol. The fourth-order valence-corrected chi connectivity index (χ4v) is 3.13. The quantitative estimate of drug-likeness (QED) is 0.768. The Balaban J connectivity index is 1.73. The van der Waals surface area contributed by atoms with Gasteiger partial charge in [-0.1, -0.05) is 0 Å². The number of anilines is 2. The summed E-state index contributed by atoms with van der Waals surface area (Å²) in [7, 11) is 0. The van der Waals surface area contributed by atoms with Gasteiger partial charge in [0.1, 0.15) is 5.52 Å². The van der Waals surface area contributed by atoms with Crippen molar-refractivity contribution in [3.63, 3.8) is 0 Å². The van der Waals surface area contributed by atoms with Crippen LogP contribution in [0.5, 0.6) is 0 Å². The summed E-state index contributed by atoms with van der Waals surface area (Å²) in [6.07, 6.45) is 1.88. The van der Waals surface area contributed by atoms with E-state index in [9.17, 15) is 0 Å².